The van der Waals surface area contributed by atoms with Crippen molar-refractivity contribution >= 4 is 41.0 Å². The van der Waals surface area contributed by atoms with E-state index in [-0.39, 0.29) is 36.0 Å². The zero-order valence-electron chi connectivity index (χ0n) is 31.2. The highest BCUT2D eigenvalue weighted by Crippen LogP contribution is 2.42. The number of fused-ring (bicyclic) bond motifs is 2. The Hall–Kier alpha value is -5.79. The van der Waals surface area contributed by atoms with E-state index < -0.39 is 12.1 Å². The molecule has 288 valence electrons. The molecule has 3 amide bonds. The molecule has 3 atom stereocenters. The number of carboxylic acid groups (broad SMARTS) is 1. The molecule has 8 rings (SSSR count). The van der Waals surface area contributed by atoms with E-state index in [1.165, 1.54) is 4.90 Å². The molecule has 3 aliphatic heterocycles. The van der Waals surface area contributed by atoms with Crippen molar-refractivity contribution in [2.45, 2.75) is 63.7 Å². The summed E-state index contributed by atoms with van der Waals surface area (Å²) in [5.41, 5.74) is 7.87. The SMILES string of the molecule is Cc1c(-c2ccn3c(=O)c(CNC[C@@H]4CCC(=O)N4)cnc3c2)cccc1-c1cccc(-c2ccc3c(n2)N(C)CCC3N(C[C@@H]2CCC(=O)N2)C(=O)O)c1Cl. The lowest BCUT2D eigenvalue weighted by atomic mass is 9.91. The molecule has 2 saturated heterocycles. The summed E-state index contributed by atoms with van der Waals surface area (Å²) in [5.74, 6) is 0.713. The first-order chi connectivity index (χ1) is 27.0. The summed E-state index contributed by atoms with van der Waals surface area (Å²) >= 11 is 7.24. The summed E-state index contributed by atoms with van der Waals surface area (Å²) in [6.07, 6.45) is 5.29. The number of benzene rings is 2. The van der Waals surface area contributed by atoms with Gasteiger partial charge in [0, 0.05) is 92.8 Å². The second-order valence-electron chi connectivity index (χ2n) is 14.9. The quantitative estimate of drug-likeness (QED) is 0.142. The molecule has 0 bridgehead atoms. The molecule has 2 aromatic carbocycles. The number of rotatable bonds is 10. The number of nitrogens with one attached hydrogen (secondary N) is 3. The molecule has 3 aromatic heterocycles. The lowest BCUT2D eigenvalue weighted by molar-refractivity contribution is -0.120. The van der Waals surface area contributed by atoms with Crippen LogP contribution in [0.2, 0.25) is 5.02 Å². The maximum Gasteiger partial charge on any atom is 0.407 e. The highest BCUT2D eigenvalue weighted by molar-refractivity contribution is 6.36. The van der Waals surface area contributed by atoms with E-state index in [0.29, 0.717) is 73.1 Å². The molecule has 0 saturated carbocycles. The van der Waals surface area contributed by atoms with Crippen LogP contribution in [0.15, 0.2) is 77.9 Å². The third-order valence-corrected chi connectivity index (χ3v) is 11.7. The Morgan fingerprint density at radius 2 is 1.66 bits per heavy atom. The predicted molar refractivity (Wildman–Crippen MR) is 215 cm³/mol. The molecular formula is C42H43ClN8O5. The fourth-order valence-electron chi connectivity index (χ4n) is 8.26. The maximum absolute atomic E-state index is 13.3. The fraction of sp³-hybridized carbons (Fsp3) is 0.333. The molecule has 3 aliphatic rings. The monoisotopic (exact) mass is 774 g/mol. The van der Waals surface area contributed by atoms with E-state index in [9.17, 15) is 24.3 Å². The Bertz CT molecular complexity index is 2440. The number of halogens is 1. The van der Waals surface area contributed by atoms with Crippen molar-refractivity contribution in [3.8, 4) is 33.5 Å². The molecular weight excluding hydrogens is 732 g/mol. The van der Waals surface area contributed by atoms with Gasteiger partial charge in [-0.05, 0) is 66.6 Å². The van der Waals surface area contributed by atoms with E-state index in [4.69, 9.17) is 16.6 Å². The van der Waals surface area contributed by atoms with Crippen LogP contribution < -0.4 is 26.4 Å². The van der Waals surface area contributed by atoms with E-state index >= 15 is 0 Å². The minimum absolute atomic E-state index is 0.0480. The highest BCUT2D eigenvalue weighted by atomic mass is 35.5. The van der Waals surface area contributed by atoms with Crippen LogP contribution >= 0.6 is 11.6 Å². The zero-order valence-corrected chi connectivity index (χ0v) is 32.0. The number of hydrogen-bond acceptors (Lipinski definition) is 8. The minimum Gasteiger partial charge on any atom is -0.465 e. The zero-order chi connectivity index (χ0) is 39.1. The Labute approximate surface area is 328 Å². The van der Waals surface area contributed by atoms with Crippen molar-refractivity contribution in [3.05, 3.63) is 105 Å². The number of nitrogens with zero attached hydrogens (tertiary/aromatic N) is 5. The second-order valence-corrected chi connectivity index (χ2v) is 15.3. The van der Waals surface area contributed by atoms with Crippen LogP contribution in [0.4, 0.5) is 10.6 Å². The number of amides is 3. The minimum atomic E-state index is -1.02. The first-order valence-corrected chi connectivity index (χ1v) is 19.3. The average Bonchev–Trinajstić information content (AvgIpc) is 3.81. The first-order valence-electron chi connectivity index (χ1n) is 19.0. The number of carbonyl (C=O) groups excluding carboxylic acids is 2. The van der Waals surface area contributed by atoms with E-state index in [2.05, 4.69) is 27.9 Å². The van der Waals surface area contributed by atoms with Crippen LogP contribution in [0.1, 0.15) is 54.8 Å². The Kier molecular flexibility index (Phi) is 10.2. The van der Waals surface area contributed by atoms with Crippen LogP contribution in [0.25, 0.3) is 39.2 Å². The Balaban J connectivity index is 1.06. The van der Waals surface area contributed by atoms with Gasteiger partial charge in [-0.15, -0.1) is 0 Å². The smallest absolute Gasteiger partial charge is 0.407 e. The van der Waals surface area contributed by atoms with Gasteiger partial charge >= 0.3 is 6.09 Å². The fourth-order valence-corrected chi connectivity index (χ4v) is 8.58. The van der Waals surface area contributed by atoms with Crippen molar-refractivity contribution in [2.75, 3.05) is 31.6 Å². The molecule has 4 N–H and O–H groups in total. The molecule has 56 heavy (non-hydrogen) atoms. The normalized spacial score (nSPS) is 19.2. The number of pyridine rings is 2. The molecule has 0 aliphatic carbocycles. The first kappa shape index (κ1) is 37.1. The van der Waals surface area contributed by atoms with Crippen molar-refractivity contribution < 1.29 is 19.5 Å². The summed E-state index contributed by atoms with van der Waals surface area (Å²) in [5, 5.41) is 19.9. The van der Waals surface area contributed by atoms with Gasteiger partial charge in [-0.1, -0.05) is 54.1 Å². The van der Waals surface area contributed by atoms with Crippen molar-refractivity contribution in [3.63, 3.8) is 0 Å². The molecule has 13 nitrogen and oxygen atoms in total. The summed E-state index contributed by atoms with van der Waals surface area (Å²) in [6, 6.07) is 19.1. The molecule has 1 unspecified atom stereocenters. The molecule has 14 heteroatoms. The van der Waals surface area contributed by atoms with Gasteiger partial charge in [0.2, 0.25) is 11.8 Å². The van der Waals surface area contributed by atoms with Crippen molar-refractivity contribution in [2.24, 2.45) is 0 Å². The van der Waals surface area contributed by atoms with Crippen molar-refractivity contribution in [1.82, 2.24) is 35.2 Å². The largest absolute Gasteiger partial charge is 0.465 e. The van der Waals surface area contributed by atoms with Gasteiger partial charge < -0.3 is 26.0 Å². The van der Waals surface area contributed by atoms with Gasteiger partial charge in [0.05, 0.1) is 16.8 Å². The number of hydrogen-bond donors (Lipinski definition) is 4. The summed E-state index contributed by atoms with van der Waals surface area (Å²) in [7, 11) is 1.96. The Morgan fingerprint density at radius 3 is 2.39 bits per heavy atom. The third-order valence-electron chi connectivity index (χ3n) is 11.3. The van der Waals surface area contributed by atoms with E-state index in [0.717, 1.165) is 45.4 Å². The topological polar surface area (TPSA) is 161 Å². The molecule has 6 heterocycles. The van der Waals surface area contributed by atoms with Crippen LogP contribution in [-0.4, -0.2) is 81.0 Å². The van der Waals surface area contributed by atoms with Gasteiger partial charge in [0.25, 0.3) is 5.56 Å². The number of carbonyl (C=O) groups is 3. The van der Waals surface area contributed by atoms with Crippen LogP contribution in [0.3, 0.4) is 0 Å². The summed E-state index contributed by atoms with van der Waals surface area (Å²) in [6.45, 7) is 3.84. The second kappa shape index (κ2) is 15.4. The standard InChI is InChI=1S/C42H43ClN8O5/c1-24-29(25-15-18-50-36(19-25)45-21-26(41(50)54)20-44-22-27-9-13-37(52)46-27)5-3-6-30(24)31-7-4-8-32(39(31)43)34-12-11-33-35(16-17-49(2)40(33)48-34)51(42(55)56)23-28-10-14-38(53)47-28/h3-8,11-12,15,18-19,21,27-28,35,44H,9-10,13-14,16-17,20,22-23H2,1-2H3,(H,46,52)(H,47,53)(H,55,56)/t27-,28-,35?/m0/s1. The van der Waals surface area contributed by atoms with Gasteiger partial charge in [-0.3, -0.25) is 23.7 Å². The average molecular weight is 775 g/mol. The Morgan fingerprint density at radius 1 is 0.946 bits per heavy atom. The molecule has 0 spiro atoms. The molecule has 5 aromatic rings. The lowest BCUT2D eigenvalue weighted by Gasteiger charge is -2.38. The molecule has 0 radical (unpaired) electrons. The highest BCUT2D eigenvalue weighted by Gasteiger charge is 2.35. The van der Waals surface area contributed by atoms with Crippen molar-refractivity contribution in [1.29, 1.82) is 0 Å². The van der Waals surface area contributed by atoms with Crippen LogP contribution in [0.5, 0.6) is 0 Å². The molecule has 2 fully saturated rings. The predicted octanol–water partition coefficient (Wildman–Crippen LogP) is 5.56. The van der Waals surface area contributed by atoms with Gasteiger partial charge in [0.15, 0.2) is 0 Å². The van der Waals surface area contributed by atoms with Crippen LogP contribution in [-0.2, 0) is 16.1 Å². The number of anilines is 1. The summed E-state index contributed by atoms with van der Waals surface area (Å²) in [4.78, 5) is 62.3. The van der Waals surface area contributed by atoms with Crippen LogP contribution in [0, 0.1) is 6.92 Å². The maximum atomic E-state index is 13.3. The van der Waals surface area contributed by atoms with Gasteiger partial charge in [0.1, 0.15) is 11.5 Å². The van der Waals surface area contributed by atoms with Gasteiger partial charge in [-0.25, -0.2) is 14.8 Å². The third kappa shape index (κ3) is 7.19. The van der Waals surface area contributed by atoms with E-state index in [1.807, 2.05) is 72.6 Å². The number of aromatic nitrogens is 3. The van der Waals surface area contributed by atoms with Gasteiger partial charge in [-0.2, -0.15) is 0 Å². The summed E-state index contributed by atoms with van der Waals surface area (Å²) < 4.78 is 1.55. The lowest BCUT2D eigenvalue weighted by Crippen LogP contribution is -2.45. The van der Waals surface area contributed by atoms with E-state index in [1.54, 1.807) is 16.8 Å².